The number of benzene rings is 2. The Kier molecular flexibility index (Phi) is 5.55. The number of rotatable bonds is 5. The number of thiophene rings is 1. The molecule has 1 fully saturated rings. The summed E-state index contributed by atoms with van der Waals surface area (Å²) in [4.78, 5) is 14.6. The molecule has 3 aromatic rings. The number of likely N-dealkylation sites (N-methyl/N-ethyl adjacent to an activating group) is 1. The lowest BCUT2D eigenvalue weighted by Gasteiger charge is -2.23. The summed E-state index contributed by atoms with van der Waals surface area (Å²) in [5.41, 5.74) is 1.37. The second-order valence-electron chi connectivity index (χ2n) is 7.11. The maximum Gasteiger partial charge on any atom is 0.253 e. The Morgan fingerprint density at radius 1 is 1.27 bits per heavy atom. The van der Waals surface area contributed by atoms with Gasteiger partial charge in [-0.25, -0.2) is 8.42 Å². The van der Waals surface area contributed by atoms with Gasteiger partial charge in [-0.15, -0.1) is 11.3 Å². The van der Waals surface area contributed by atoms with Crippen molar-refractivity contribution in [1.82, 2.24) is 9.21 Å². The maximum atomic E-state index is 13.2. The molecule has 1 amide bonds. The minimum Gasteiger partial charge on any atom is -0.337 e. The van der Waals surface area contributed by atoms with E-state index in [9.17, 15) is 13.2 Å². The molecule has 2 heterocycles. The molecular weight excluding hydrogens is 442 g/mol. The Morgan fingerprint density at radius 2 is 2.03 bits per heavy atom. The molecule has 0 spiro atoms. The number of sulfonamides is 1. The average Bonchev–Trinajstić information content (AvgIpc) is 3.33. The predicted molar refractivity (Wildman–Crippen MR) is 117 cm³/mol. The van der Waals surface area contributed by atoms with Crippen molar-refractivity contribution >= 4 is 49.0 Å². The smallest absolute Gasteiger partial charge is 0.253 e. The highest BCUT2D eigenvalue weighted by molar-refractivity contribution is 7.91. The third kappa shape index (κ3) is 3.70. The molecule has 1 unspecified atom stereocenters. The molecule has 1 aromatic heterocycles. The zero-order valence-electron chi connectivity index (χ0n) is 16.1. The minimum absolute atomic E-state index is 0.168. The van der Waals surface area contributed by atoms with Gasteiger partial charge < -0.3 is 4.90 Å². The van der Waals surface area contributed by atoms with Crippen molar-refractivity contribution in [2.45, 2.75) is 23.2 Å². The number of hydrogen-bond donors (Lipinski definition) is 0. The number of likely N-dealkylation sites (tertiary alicyclic amines) is 1. The first-order valence-corrected chi connectivity index (χ1v) is 11.9. The first-order chi connectivity index (χ1) is 14.3. The van der Waals surface area contributed by atoms with Gasteiger partial charge in [0.05, 0.1) is 11.6 Å². The van der Waals surface area contributed by atoms with Crippen LogP contribution in [0.25, 0.3) is 10.1 Å². The molecule has 30 heavy (non-hydrogen) atoms. The lowest BCUT2D eigenvalue weighted by Crippen LogP contribution is -2.42. The fourth-order valence-corrected chi connectivity index (χ4v) is 6.84. The van der Waals surface area contributed by atoms with Gasteiger partial charge in [-0.05, 0) is 42.3 Å². The van der Waals surface area contributed by atoms with Crippen molar-refractivity contribution in [3.8, 4) is 6.07 Å². The van der Waals surface area contributed by atoms with Crippen molar-refractivity contribution in [3.05, 3.63) is 64.7 Å². The topological polar surface area (TPSA) is 81.5 Å². The summed E-state index contributed by atoms with van der Waals surface area (Å²) < 4.78 is 28.5. The van der Waals surface area contributed by atoms with Gasteiger partial charge in [0, 0.05) is 35.2 Å². The van der Waals surface area contributed by atoms with Crippen LogP contribution in [0.15, 0.2) is 52.7 Å². The number of halogens is 1. The van der Waals surface area contributed by atoms with Crippen molar-refractivity contribution in [2.75, 3.05) is 13.6 Å². The molecule has 1 atom stereocenters. The van der Waals surface area contributed by atoms with E-state index >= 15 is 0 Å². The fourth-order valence-electron chi connectivity index (χ4n) is 3.62. The molecule has 0 radical (unpaired) electrons. The summed E-state index contributed by atoms with van der Waals surface area (Å²) in [5.74, 6) is -0.234. The maximum absolute atomic E-state index is 13.2. The van der Waals surface area contributed by atoms with Gasteiger partial charge in [0.15, 0.2) is 0 Å². The summed E-state index contributed by atoms with van der Waals surface area (Å²) in [7, 11) is -2.39. The molecular formula is C21H18ClN3O3S2. The van der Waals surface area contributed by atoms with Crippen LogP contribution in [0, 0.1) is 11.3 Å². The highest BCUT2D eigenvalue weighted by atomic mass is 35.5. The van der Waals surface area contributed by atoms with Crippen LogP contribution in [0.1, 0.15) is 17.5 Å². The Bertz CT molecular complexity index is 1280. The Balaban J connectivity index is 1.55. The third-order valence-electron chi connectivity index (χ3n) is 5.26. The van der Waals surface area contributed by atoms with E-state index < -0.39 is 16.1 Å². The standard InChI is InChI=1S/C21H18ClN3O3S2/c1-24(30(27,28)20-11-16-17(22)6-3-7-19(16)29-20)18-8-9-25(21(18)26)13-15-5-2-4-14(10-15)12-23/h2-7,10-11,18H,8-9,13H2,1H3. The Hall–Kier alpha value is -2.44. The van der Waals surface area contributed by atoms with E-state index in [0.29, 0.717) is 35.5 Å². The number of amides is 1. The second kappa shape index (κ2) is 8.00. The van der Waals surface area contributed by atoms with Gasteiger partial charge >= 0.3 is 0 Å². The number of nitriles is 1. The van der Waals surface area contributed by atoms with Crippen LogP contribution in [-0.2, 0) is 21.4 Å². The van der Waals surface area contributed by atoms with E-state index in [4.69, 9.17) is 16.9 Å². The van der Waals surface area contributed by atoms with Gasteiger partial charge in [0.25, 0.3) is 10.0 Å². The number of hydrogen-bond acceptors (Lipinski definition) is 5. The molecule has 0 bridgehead atoms. The quantitative estimate of drug-likeness (QED) is 0.580. The molecule has 0 aliphatic carbocycles. The molecule has 0 N–H and O–H groups in total. The van der Waals surface area contributed by atoms with Gasteiger partial charge in [-0.1, -0.05) is 29.8 Å². The summed E-state index contributed by atoms with van der Waals surface area (Å²) in [5, 5.41) is 10.2. The van der Waals surface area contributed by atoms with Crippen LogP contribution in [0.3, 0.4) is 0 Å². The van der Waals surface area contributed by atoms with Gasteiger partial charge in [-0.2, -0.15) is 9.57 Å². The van der Waals surface area contributed by atoms with Crippen LogP contribution in [0.2, 0.25) is 5.02 Å². The van der Waals surface area contributed by atoms with E-state index in [2.05, 4.69) is 6.07 Å². The van der Waals surface area contributed by atoms with E-state index in [0.717, 1.165) is 21.6 Å². The first kappa shape index (κ1) is 20.8. The van der Waals surface area contributed by atoms with Crippen LogP contribution in [0.5, 0.6) is 0 Å². The van der Waals surface area contributed by atoms with Crippen LogP contribution in [0.4, 0.5) is 0 Å². The zero-order chi connectivity index (χ0) is 21.5. The lowest BCUT2D eigenvalue weighted by molar-refractivity contribution is -0.131. The Labute approximate surface area is 183 Å². The normalized spacial score (nSPS) is 17.1. The summed E-state index contributed by atoms with van der Waals surface area (Å²) in [6.45, 7) is 0.801. The SMILES string of the molecule is CN(C1CCN(Cc2cccc(C#N)c2)C1=O)S(=O)(=O)c1cc2c(Cl)cccc2s1. The molecule has 1 aliphatic rings. The third-order valence-corrected chi connectivity index (χ3v) is 9.00. The van der Waals surface area contributed by atoms with Gasteiger partial charge in [0.1, 0.15) is 10.3 Å². The predicted octanol–water partition coefficient (Wildman–Crippen LogP) is 3.85. The molecule has 154 valence electrons. The lowest BCUT2D eigenvalue weighted by atomic mass is 10.1. The monoisotopic (exact) mass is 459 g/mol. The van der Waals surface area contributed by atoms with E-state index in [-0.39, 0.29) is 10.1 Å². The van der Waals surface area contributed by atoms with Crippen molar-refractivity contribution in [1.29, 1.82) is 5.26 Å². The van der Waals surface area contributed by atoms with Crippen LogP contribution >= 0.6 is 22.9 Å². The first-order valence-electron chi connectivity index (χ1n) is 9.25. The summed E-state index contributed by atoms with van der Waals surface area (Å²) in [6, 6.07) is 15.3. The number of carbonyl (C=O) groups excluding carboxylic acids is 1. The highest BCUT2D eigenvalue weighted by Gasteiger charge is 2.40. The summed E-state index contributed by atoms with van der Waals surface area (Å²) in [6.07, 6.45) is 0.415. The van der Waals surface area contributed by atoms with E-state index in [1.807, 2.05) is 12.1 Å². The molecule has 6 nitrogen and oxygen atoms in total. The Morgan fingerprint density at radius 3 is 2.77 bits per heavy atom. The largest absolute Gasteiger partial charge is 0.337 e. The molecule has 1 aliphatic heterocycles. The van der Waals surface area contributed by atoms with E-state index in [1.54, 1.807) is 41.3 Å². The molecule has 9 heteroatoms. The van der Waals surface area contributed by atoms with Crippen molar-refractivity contribution < 1.29 is 13.2 Å². The zero-order valence-corrected chi connectivity index (χ0v) is 18.5. The second-order valence-corrected chi connectivity index (χ2v) is 10.8. The van der Waals surface area contributed by atoms with Gasteiger partial charge in [-0.3, -0.25) is 4.79 Å². The highest BCUT2D eigenvalue weighted by Crippen LogP contribution is 2.35. The molecule has 4 rings (SSSR count). The molecule has 2 aromatic carbocycles. The average molecular weight is 460 g/mol. The van der Waals surface area contributed by atoms with Crippen LogP contribution < -0.4 is 0 Å². The van der Waals surface area contributed by atoms with Gasteiger partial charge in [0.2, 0.25) is 5.91 Å². The van der Waals surface area contributed by atoms with E-state index in [1.165, 1.54) is 11.4 Å². The summed E-state index contributed by atoms with van der Waals surface area (Å²) >= 11 is 7.33. The molecule has 0 saturated carbocycles. The number of fused-ring (bicyclic) bond motifs is 1. The van der Waals surface area contributed by atoms with Crippen molar-refractivity contribution in [3.63, 3.8) is 0 Å². The van der Waals surface area contributed by atoms with Crippen molar-refractivity contribution in [2.24, 2.45) is 0 Å². The minimum atomic E-state index is -3.84. The number of carbonyl (C=O) groups is 1. The molecule has 1 saturated heterocycles. The fraction of sp³-hybridized carbons (Fsp3) is 0.238. The number of nitrogens with zero attached hydrogens (tertiary/aromatic N) is 3. The van der Waals surface area contributed by atoms with Crippen LogP contribution in [-0.4, -0.2) is 43.2 Å².